The van der Waals surface area contributed by atoms with Gasteiger partial charge >= 0.3 is 6.09 Å². The summed E-state index contributed by atoms with van der Waals surface area (Å²) in [5, 5.41) is 2.82. The lowest BCUT2D eigenvalue weighted by molar-refractivity contribution is -0.135. The van der Waals surface area contributed by atoms with Crippen LogP contribution in [0, 0.1) is 5.92 Å². The van der Waals surface area contributed by atoms with Crippen molar-refractivity contribution in [2.45, 2.75) is 58.7 Å². The summed E-state index contributed by atoms with van der Waals surface area (Å²) in [6.45, 7) is 12.3. The molecule has 184 valence electrons. The highest BCUT2D eigenvalue weighted by atomic mass is 16.6. The molecule has 1 saturated heterocycles. The first kappa shape index (κ1) is 25.8. The molecule has 0 radical (unpaired) electrons. The highest BCUT2D eigenvalue weighted by Gasteiger charge is 2.32. The molecule has 2 amide bonds. The van der Waals surface area contributed by atoms with Crippen molar-refractivity contribution >= 4 is 12.0 Å². The van der Waals surface area contributed by atoms with E-state index < -0.39 is 17.7 Å². The summed E-state index contributed by atoms with van der Waals surface area (Å²) in [7, 11) is 0. The van der Waals surface area contributed by atoms with Crippen LogP contribution in [0.2, 0.25) is 0 Å². The summed E-state index contributed by atoms with van der Waals surface area (Å²) >= 11 is 0. The Balaban J connectivity index is 1.69. The second-order valence-electron chi connectivity index (χ2n) is 10.4. The molecule has 3 rings (SSSR count). The van der Waals surface area contributed by atoms with Gasteiger partial charge in [-0.15, -0.1) is 0 Å². The van der Waals surface area contributed by atoms with E-state index in [0.717, 1.165) is 13.1 Å². The smallest absolute Gasteiger partial charge is 0.408 e. The molecule has 0 bridgehead atoms. The number of carbonyl (C=O) groups excluding carboxylic acids is 2. The van der Waals surface area contributed by atoms with Gasteiger partial charge < -0.3 is 15.0 Å². The van der Waals surface area contributed by atoms with Crippen LogP contribution in [0.3, 0.4) is 0 Å². The minimum absolute atomic E-state index is 0.0322. The van der Waals surface area contributed by atoms with E-state index in [1.54, 1.807) is 0 Å². The van der Waals surface area contributed by atoms with Gasteiger partial charge in [0.05, 0.1) is 6.04 Å². The zero-order chi connectivity index (χ0) is 24.7. The Morgan fingerprint density at radius 3 is 1.82 bits per heavy atom. The van der Waals surface area contributed by atoms with E-state index in [1.165, 1.54) is 11.1 Å². The first-order chi connectivity index (χ1) is 16.1. The van der Waals surface area contributed by atoms with Crippen LogP contribution in [-0.4, -0.2) is 59.6 Å². The van der Waals surface area contributed by atoms with Gasteiger partial charge in [-0.1, -0.05) is 74.5 Å². The Morgan fingerprint density at radius 1 is 0.882 bits per heavy atom. The summed E-state index contributed by atoms with van der Waals surface area (Å²) in [5.41, 5.74) is 1.89. The van der Waals surface area contributed by atoms with Gasteiger partial charge in [-0.25, -0.2) is 4.79 Å². The van der Waals surface area contributed by atoms with E-state index in [0.29, 0.717) is 19.5 Å². The minimum Gasteiger partial charge on any atom is -0.444 e. The van der Waals surface area contributed by atoms with Crippen molar-refractivity contribution in [1.29, 1.82) is 0 Å². The third kappa shape index (κ3) is 7.32. The quantitative estimate of drug-likeness (QED) is 0.634. The number of carbonyl (C=O) groups is 2. The Kier molecular flexibility index (Phi) is 8.72. The monoisotopic (exact) mass is 465 g/mol. The van der Waals surface area contributed by atoms with Gasteiger partial charge in [0.15, 0.2) is 0 Å². The molecule has 2 aromatic rings. The van der Waals surface area contributed by atoms with Crippen LogP contribution in [0.15, 0.2) is 60.7 Å². The first-order valence-electron chi connectivity index (χ1n) is 12.3. The fourth-order valence-electron chi connectivity index (χ4n) is 4.45. The van der Waals surface area contributed by atoms with Gasteiger partial charge in [0.25, 0.3) is 0 Å². The molecule has 1 N–H and O–H groups in total. The summed E-state index contributed by atoms with van der Waals surface area (Å²) in [6, 6.07) is 20.6. The molecule has 1 aliphatic heterocycles. The molecular weight excluding hydrogens is 426 g/mol. The highest BCUT2D eigenvalue weighted by molar-refractivity contribution is 5.85. The predicted octanol–water partition coefficient (Wildman–Crippen LogP) is 4.86. The largest absolute Gasteiger partial charge is 0.444 e. The fraction of sp³-hybridized carbons (Fsp3) is 0.500. The van der Waals surface area contributed by atoms with Gasteiger partial charge in [-0.05, 0) is 44.2 Å². The van der Waals surface area contributed by atoms with Crippen LogP contribution in [0.1, 0.15) is 58.2 Å². The second kappa shape index (κ2) is 11.5. The predicted molar refractivity (Wildman–Crippen MR) is 135 cm³/mol. The van der Waals surface area contributed by atoms with Crippen molar-refractivity contribution in [3.05, 3.63) is 71.8 Å². The molecule has 6 nitrogen and oxygen atoms in total. The SMILES string of the molecule is CC(C)CC(NC(=O)OC(C)(C)C)C(=O)N1CCN(C(c2ccccc2)c2ccccc2)CC1. The first-order valence-corrected chi connectivity index (χ1v) is 12.3. The lowest BCUT2D eigenvalue weighted by Crippen LogP contribution is -2.56. The molecule has 1 atom stereocenters. The van der Waals surface area contributed by atoms with E-state index in [4.69, 9.17) is 4.74 Å². The zero-order valence-corrected chi connectivity index (χ0v) is 21.2. The molecule has 0 saturated carbocycles. The molecule has 34 heavy (non-hydrogen) atoms. The number of alkyl carbamates (subject to hydrolysis) is 1. The molecule has 0 aliphatic carbocycles. The van der Waals surface area contributed by atoms with E-state index in [2.05, 4.69) is 72.6 Å². The molecule has 1 aliphatic rings. The highest BCUT2D eigenvalue weighted by Crippen LogP contribution is 2.29. The molecule has 0 spiro atoms. The van der Waals surface area contributed by atoms with Gasteiger partial charge in [0.2, 0.25) is 5.91 Å². The van der Waals surface area contributed by atoms with Gasteiger partial charge in [-0.2, -0.15) is 0 Å². The number of piperazine rings is 1. The average molecular weight is 466 g/mol. The maximum Gasteiger partial charge on any atom is 0.408 e. The van der Waals surface area contributed by atoms with Crippen molar-refractivity contribution in [2.75, 3.05) is 26.2 Å². The fourth-order valence-corrected chi connectivity index (χ4v) is 4.45. The standard InChI is InChI=1S/C28H39N3O3/c1-21(2)20-24(29-27(33)34-28(3,4)5)26(32)31-18-16-30(17-19-31)25(22-12-8-6-9-13-22)23-14-10-7-11-15-23/h6-15,21,24-25H,16-20H2,1-5H3,(H,29,33). The van der Waals surface area contributed by atoms with Crippen LogP contribution in [-0.2, 0) is 9.53 Å². The number of nitrogens with zero attached hydrogens (tertiary/aromatic N) is 2. The Hall–Kier alpha value is -2.86. The molecule has 6 heteroatoms. The van der Waals surface area contributed by atoms with E-state index >= 15 is 0 Å². The van der Waals surface area contributed by atoms with Crippen molar-refractivity contribution in [1.82, 2.24) is 15.1 Å². The number of hydrogen-bond acceptors (Lipinski definition) is 4. The lowest BCUT2D eigenvalue weighted by atomic mass is 9.96. The zero-order valence-electron chi connectivity index (χ0n) is 21.2. The van der Waals surface area contributed by atoms with Gasteiger partial charge in [-0.3, -0.25) is 9.69 Å². The number of amides is 2. The second-order valence-corrected chi connectivity index (χ2v) is 10.4. The van der Waals surface area contributed by atoms with Crippen LogP contribution in [0.25, 0.3) is 0 Å². The van der Waals surface area contributed by atoms with E-state index in [-0.39, 0.29) is 17.9 Å². The topological polar surface area (TPSA) is 61.9 Å². The number of nitrogens with one attached hydrogen (secondary N) is 1. The lowest BCUT2D eigenvalue weighted by Gasteiger charge is -2.41. The van der Waals surface area contributed by atoms with Crippen LogP contribution in [0.4, 0.5) is 4.79 Å². The maximum absolute atomic E-state index is 13.4. The van der Waals surface area contributed by atoms with Crippen molar-refractivity contribution in [2.24, 2.45) is 5.92 Å². The Morgan fingerprint density at radius 2 is 1.38 bits per heavy atom. The van der Waals surface area contributed by atoms with Crippen LogP contribution >= 0.6 is 0 Å². The van der Waals surface area contributed by atoms with Crippen molar-refractivity contribution < 1.29 is 14.3 Å². The normalized spacial score (nSPS) is 15.9. The summed E-state index contributed by atoms with van der Waals surface area (Å²) in [6.07, 6.45) is 0.0351. The van der Waals surface area contributed by atoms with Crippen LogP contribution in [0.5, 0.6) is 0 Å². The van der Waals surface area contributed by atoms with Crippen molar-refractivity contribution in [3.8, 4) is 0 Å². The summed E-state index contributed by atoms with van der Waals surface area (Å²) in [4.78, 5) is 30.1. The summed E-state index contributed by atoms with van der Waals surface area (Å²) < 4.78 is 5.40. The molecular formula is C28H39N3O3. The Bertz CT molecular complexity index is 877. The third-order valence-corrected chi connectivity index (χ3v) is 5.92. The van der Waals surface area contributed by atoms with E-state index in [9.17, 15) is 9.59 Å². The van der Waals surface area contributed by atoms with E-state index in [1.807, 2.05) is 37.8 Å². The van der Waals surface area contributed by atoms with Crippen LogP contribution < -0.4 is 5.32 Å². The minimum atomic E-state index is -0.606. The average Bonchev–Trinajstić information content (AvgIpc) is 2.79. The van der Waals surface area contributed by atoms with Crippen molar-refractivity contribution in [3.63, 3.8) is 0 Å². The number of benzene rings is 2. The Labute approximate surface area is 204 Å². The number of rotatable bonds is 7. The van der Waals surface area contributed by atoms with Gasteiger partial charge in [0, 0.05) is 26.2 Å². The molecule has 2 aromatic carbocycles. The third-order valence-electron chi connectivity index (χ3n) is 5.92. The molecule has 1 heterocycles. The molecule has 1 fully saturated rings. The molecule has 0 aromatic heterocycles. The summed E-state index contributed by atoms with van der Waals surface area (Å²) in [5.74, 6) is 0.237. The van der Waals surface area contributed by atoms with Gasteiger partial charge in [0.1, 0.15) is 11.6 Å². The maximum atomic E-state index is 13.4. The number of hydrogen-bond donors (Lipinski definition) is 1. The molecule has 1 unspecified atom stereocenters. The number of ether oxygens (including phenoxy) is 1.